The lowest BCUT2D eigenvalue weighted by molar-refractivity contribution is 1.07. The summed E-state index contributed by atoms with van der Waals surface area (Å²) in [6, 6.07) is 81.6. The number of benzene rings is 9. The number of fused-ring (bicyclic) bond motifs is 9. The summed E-state index contributed by atoms with van der Waals surface area (Å²) in [4.78, 5) is 20.1. The van der Waals surface area contributed by atoms with E-state index >= 15 is 0 Å². The van der Waals surface area contributed by atoms with Crippen molar-refractivity contribution in [2.75, 3.05) is 0 Å². The average Bonchev–Trinajstić information content (AvgIpc) is 4.07. The monoisotopic (exact) mass is 881 g/mol. The lowest BCUT2D eigenvalue weighted by atomic mass is 10.1. The quantitative estimate of drug-likeness (QED) is 0.160. The fourth-order valence-electron chi connectivity index (χ4n) is 10.4. The van der Waals surface area contributed by atoms with Crippen molar-refractivity contribution in [3.05, 3.63) is 237 Å². The summed E-state index contributed by atoms with van der Waals surface area (Å²) in [6.45, 7) is 0. The maximum atomic E-state index is 5.19. The molecule has 5 aromatic heterocycles. The molecule has 0 radical (unpaired) electrons. The summed E-state index contributed by atoms with van der Waals surface area (Å²) in [5, 5.41) is 7.27. The van der Waals surface area contributed by atoms with Crippen LogP contribution >= 0.6 is 0 Å². The van der Waals surface area contributed by atoms with E-state index in [9.17, 15) is 0 Å². The Kier molecular flexibility index (Phi) is 8.75. The Morgan fingerprint density at radius 2 is 0.623 bits per heavy atom. The molecule has 0 unspecified atom stereocenters. The molecule has 7 nitrogen and oxygen atoms in total. The van der Waals surface area contributed by atoms with Gasteiger partial charge in [0.05, 0.1) is 38.8 Å². The largest absolute Gasteiger partial charge is 0.309 e. The smallest absolute Gasteiger partial charge is 0.165 e. The minimum Gasteiger partial charge on any atom is -0.309 e. The second-order valence-corrected chi connectivity index (χ2v) is 17.5. The molecule has 0 saturated heterocycles. The van der Waals surface area contributed by atoms with Crippen molar-refractivity contribution < 1.29 is 0 Å². The molecule has 0 atom stereocenters. The Labute approximate surface area is 396 Å². The van der Waals surface area contributed by atoms with E-state index in [1.165, 1.54) is 43.4 Å². The molecule has 7 heteroatoms. The molecule has 14 aromatic rings. The van der Waals surface area contributed by atoms with Gasteiger partial charge >= 0.3 is 0 Å². The number of pyridine rings is 1. The highest BCUT2D eigenvalue weighted by molar-refractivity contribution is 6.13. The van der Waals surface area contributed by atoms with Gasteiger partial charge in [0.25, 0.3) is 0 Å². The number of hydrogen-bond acceptors (Lipinski definition) is 4. The Balaban J connectivity index is 0.969. The highest BCUT2D eigenvalue weighted by Crippen LogP contribution is 2.40. The van der Waals surface area contributed by atoms with E-state index in [1.807, 2.05) is 66.9 Å². The van der Waals surface area contributed by atoms with Crippen LogP contribution in [0.5, 0.6) is 0 Å². The van der Waals surface area contributed by atoms with Crippen molar-refractivity contribution >= 4 is 65.4 Å². The molecule has 0 bridgehead atoms. The second kappa shape index (κ2) is 15.6. The first kappa shape index (κ1) is 38.8. The fourth-order valence-corrected chi connectivity index (χ4v) is 10.4. The maximum Gasteiger partial charge on any atom is 0.165 e. The number of rotatable bonds is 7. The summed E-state index contributed by atoms with van der Waals surface area (Å²) in [5.74, 6) is 1.79. The van der Waals surface area contributed by atoms with Gasteiger partial charge in [-0.25, -0.2) is 15.0 Å². The van der Waals surface area contributed by atoms with Crippen molar-refractivity contribution in [2.24, 2.45) is 0 Å². The zero-order valence-corrected chi connectivity index (χ0v) is 37.1. The second-order valence-electron chi connectivity index (χ2n) is 17.5. The predicted molar refractivity (Wildman–Crippen MR) is 282 cm³/mol. The molecule has 69 heavy (non-hydrogen) atoms. The first-order chi connectivity index (χ1) is 34.2. The number of aromatic nitrogens is 7. The SMILES string of the molecule is c1ccc(-c2nc(-c3ccccc3)nc(-c3ccc(-c4cc(-n5c6ccccc6c6ccccc65)cc(-n5c6ccccc6c6cc(-n7c8ccccc8c8ccccc87)ccc65)c4)nc3)n2)cc1. The van der Waals surface area contributed by atoms with Gasteiger partial charge < -0.3 is 13.7 Å². The van der Waals surface area contributed by atoms with E-state index in [0.29, 0.717) is 17.5 Å². The predicted octanol–water partition coefficient (Wildman–Crippen LogP) is 15.2. The molecule has 0 spiro atoms. The highest BCUT2D eigenvalue weighted by atomic mass is 15.0. The Hall–Kier alpha value is -9.46. The summed E-state index contributed by atoms with van der Waals surface area (Å²) in [7, 11) is 0. The first-order valence-electron chi connectivity index (χ1n) is 23.2. The lowest BCUT2D eigenvalue weighted by Gasteiger charge is -2.16. The third-order valence-electron chi connectivity index (χ3n) is 13.5. The van der Waals surface area contributed by atoms with Crippen LogP contribution in [-0.4, -0.2) is 33.6 Å². The number of hydrogen-bond donors (Lipinski definition) is 0. The van der Waals surface area contributed by atoms with Crippen molar-refractivity contribution in [3.8, 4) is 62.5 Å². The Bertz CT molecular complexity index is 4130. The van der Waals surface area contributed by atoms with Gasteiger partial charge in [-0.1, -0.05) is 152 Å². The molecule has 0 fully saturated rings. The molecule has 14 rings (SSSR count). The van der Waals surface area contributed by atoms with E-state index < -0.39 is 0 Å². The first-order valence-corrected chi connectivity index (χ1v) is 23.2. The van der Waals surface area contributed by atoms with Crippen LogP contribution in [0.4, 0.5) is 0 Å². The van der Waals surface area contributed by atoms with E-state index in [2.05, 4.69) is 184 Å². The van der Waals surface area contributed by atoms with Crippen LogP contribution in [0.15, 0.2) is 237 Å². The molecular formula is C62H39N7. The van der Waals surface area contributed by atoms with Gasteiger partial charge in [0.2, 0.25) is 0 Å². The molecular weight excluding hydrogens is 843 g/mol. The molecule has 0 N–H and O–H groups in total. The summed E-state index contributed by atoms with van der Waals surface area (Å²) >= 11 is 0. The van der Waals surface area contributed by atoms with Crippen LogP contribution in [0.25, 0.3) is 128 Å². The number of nitrogens with zero attached hydrogens (tertiary/aromatic N) is 7. The van der Waals surface area contributed by atoms with Crippen molar-refractivity contribution in [1.82, 2.24) is 33.6 Å². The molecule has 0 aliphatic rings. The standard InChI is InChI=1S/C62H39N7/c1-3-17-40(18-4-1)60-64-61(41-19-5-2-6-20-41)66-62(65-60)42-31-33-53(63-39-42)43-35-45(68-56-28-14-9-23-49(56)50-24-10-15-29-57(50)68)37-46(36-43)69-58-30-16-11-25-51(58)52-38-44(32-34-59(52)69)67-54-26-12-7-21-47(54)48-22-8-13-27-55(48)67/h1-39H. The Morgan fingerprint density at radius 3 is 1.06 bits per heavy atom. The van der Waals surface area contributed by atoms with Crippen LogP contribution in [0.3, 0.4) is 0 Å². The number of para-hydroxylation sites is 5. The molecule has 322 valence electrons. The third-order valence-corrected chi connectivity index (χ3v) is 13.5. The minimum absolute atomic E-state index is 0.562. The molecule has 5 heterocycles. The van der Waals surface area contributed by atoms with Crippen LogP contribution in [0, 0.1) is 0 Å². The van der Waals surface area contributed by atoms with Crippen molar-refractivity contribution in [3.63, 3.8) is 0 Å². The normalized spacial score (nSPS) is 11.8. The fraction of sp³-hybridized carbons (Fsp3) is 0. The van der Waals surface area contributed by atoms with Crippen LogP contribution < -0.4 is 0 Å². The zero-order valence-electron chi connectivity index (χ0n) is 37.1. The lowest BCUT2D eigenvalue weighted by Crippen LogP contribution is -2.01. The maximum absolute atomic E-state index is 5.19. The van der Waals surface area contributed by atoms with Crippen LogP contribution in [0.2, 0.25) is 0 Å². The van der Waals surface area contributed by atoms with Gasteiger partial charge in [-0.3, -0.25) is 4.98 Å². The van der Waals surface area contributed by atoms with Gasteiger partial charge in [0.1, 0.15) is 0 Å². The average molecular weight is 882 g/mol. The van der Waals surface area contributed by atoms with E-state index in [1.54, 1.807) is 0 Å². The van der Waals surface area contributed by atoms with Crippen LogP contribution in [-0.2, 0) is 0 Å². The topological polar surface area (TPSA) is 66.3 Å². The van der Waals surface area contributed by atoms with E-state index in [4.69, 9.17) is 19.9 Å². The molecule has 9 aromatic carbocycles. The summed E-state index contributed by atoms with van der Waals surface area (Å²) in [6.07, 6.45) is 1.89. The van der Waals surface area contributed by atoms with E-state index in [0.717, 1.165) is 67.1 Å². The van der Waals surface area contributed by atoms with Gasteiger partial charge in [-0.05, 0) is 78.9 Å². The van der Waals surface area contributed by atoms with Crippen LogP contribution in [0.1, 0.15) is 0 Å². The molecule has 0 aliphatic carbocycles. The van der Waals surface area contributed by atoms with Gasteiger partial charge in [0.15, 0.2) is 17.5 Å². The molecule has 0 aliphatic heterocycles. The van der Waals surface area contributed by atoms with Crippen molar-refractivity contribution in [2.45, 2.75) is 0 Å². The summed E-state index contributed by atoms with van der Waals surface area (Å²) in [5.41, 5.74) is 14.5. The van der Waals surface area contributed by atoms with Gasteiger partial charge in [0, 0.05) is 77.8 Å². The van der Waals surface area contributed by atoms with Gasteiger partial charge in [-0.2, -0.15) is 0 Å². The van der Waals surface area contributed by atoms with E-state index in [-0.39, 0.29) is 0 Å². The molecule has 0 saturated carbocycles. The summed E-state index contributed by atoms with van der Waals surface area (Å²) < 4.78 is 7.20. The zero-order chi connectivity index (χ0) is 45.4. The van der Waals surface area contributed by atoms with Gasteiger partial charge in [-0.15, -0.1) is 0 Å². The Morgan fingerprint density at radius 1 is 0.246 bits per heavy atom. The third kappa shape index (κ3) is 6.29. The molecule has 0 amide bonds. The minimum atomic E-state index is 0.562. The highest BCUT2D eigenvalue weighted by Gasteiger charge is 2.20. The van der Waals surface area contributed by atoms with Crippen molar-refractivity contribution in [1.29, 1.82) is 0 Å².